The van der Waals surface area contributed by atoms with E-state index in [9.17, 15) is 4.79 Å². The van der Waals surface area contributed by atoms with Gasteiger partial charge < -0.3 is 0 Å². The molecule has 0 saturated heterocycles. The maximum absolute atomic E-state index is 15.6. The number of rotatable bonds is 5. The van der Waals surface area contributed by atoms with Gasteiger partial charge in [-0.1, -0.05) is 60.7 Å². The zero-order valence-electron chi connectivity index (χ0n) is 21.1. The molecule has 1 aliphatic rings. The molecule has 204 valence electrons. The number of benzene rings is 3. The number of fused-ring (bicyclic) bond motifs is 2. The molecular formula is C31H20F6OS2. The van der Waals surface area contributed by atoms with E-state index >= 15 is 26.3 Å². The topological polar surface area (TPSA) is 17.1 Å². The van der Waals surface area contributed by atoms with Crippen molar-refractivity contribution in [3.8, 4) is 0 Å². The third-order valence-corrected chi connectivity index (χ3v) is 9.49. The Balaban J connectivity index is 1.59. The van der Waals surface area contributed by atoms with Crippen LogP contribution in [-0.4, -0.2) is 23.6 Å². The van der Waals surface area contributed by atoms with Crippen LogP contribution in [0.3, 0.4) is 0 Å². The summed E-state index contributed by atoms with van der Waals surface area (Å²) in [5.74, 6) is -16.1. The van der Waals surface area contributed by atoms with Crippen LogP contribution in [0.1, 0.15) is 36.8 Å². The number of alkyl halides is 6. The monoisotopic (exact) mass is 586 g/mol. The smallest absolute Gasteiger partial charge is 0.294 e. The van der Waals surface area contributed by atoms with Gasteiger partial charge in [0, 0.05) is 64.2 Å². The molecule has 0 atom stereocenters. The molecule has 1 aliphatic carbocycles. The van der Waals surface area contributed by atoms with Crippen LogP contribution in [0.4, 0.5) is 26.3 Å². The lowest BCUT2D eigenvalue weighted by atomic mass is 9.91. The Morgan fingerprint density at radius 2 is 1.20 bits per heavy atom. The Bertz CT molecular complexity index is 1850. The highest BCUT2D eigenvalue weighted by molar-refractivity contribution is 7.19. The molecular weight excluding hydrogens is 566 g/mol. The second-order valence-electron chi connectivity index (χ2n) is 9.83. The molecule has 0 unspecified atom stereocenters. The van der Waals surface area contributed by atoms with Crippen LogP contribution in [0, 0.1) is 13.8 Å². The third kappa shape index (κ3) is 3.70. The lowest BCUT2D eigenvalue weighted by Crippen LogP contribution is -2.48. The SMILES string of the molecule is Cc1sc2ccccc2c1C1=C(c2c(C)sc3cc(C(=O)Cc4ccccc4)ccc23)C(F)(F)C(F)(F)C1(F)F. The fraction of sp³-hybridized carbons (Fsp3) is 0.194. The van der Waals surface area contributed by atoms with Crippen molar-refractivity contribution < 1.29 is 31.1 Å². The summed E-state index contributed by atoms with van der Waals surface area (Å²) in [6, 6.07) is 19.7. The molecule has 40 heavy (non-hydrogen) atoms. The first-order valence-corrected chi connectivity index (χ1v) is 14.0. The molecule has 9 heteroatoms. The quantitative estimate of drug-likeness (QED) is 0.148. The zero-order valence-corrected chi connectivity index (χ0v) is 22.8. The fourth-order valence-corrected chi connectivity index (χ4v) is 7.63. The number of aryl methyl sites for hydroxylation is 2. The molecule has 2 heterocycles. The lowest BCUT2D eigenvalue weighted by molar-refractivity contribution is -0.254. The average Bonchev–Trinajstić information content (AvgIpc) is 3.44. The van der Waals surface area contributed by atoms with E-state index in [2.05, 4.69) is 0 Å². The van der Waals surface area contributed by atoms with Crippen LogP contribution in [-0.2, 0) is 6.42 Å². The Morgan fingerprint density at radius 3 is 1.82 bits per heavy atom. The van der Waals surface area contributed by atoms with E-state index in [4.69, 9.17) is 0 Å². The molecule has 5 aromatic rings. The summed E-state index contributed by atoms with van der Waals surface area (Å²) in [6.07, 6.45) is 0.111. The van der Waals surface area contributed by atoms with Gasteiger partial charge in [-0.05, 0) is 31.5 Å². The van der Waals surface area contributed by atoms with Gasteiger partial charge in [-0.3, -0.25) is 4.79 Å². The van der Waals surface area contributed by atoms with Crippen molar-refractivity contribution >= 4 is 59.8 Å². The third-order valence-electron chi connectivity index (χ3n) is 7.33. The van der Waals surface area contributed by atoms with Crippen molar-refractivity contribution in [3.63, 3.8) is 0 Å². The van der Waals surface area contributed by atoms with E-state index in [0.29, 0.717) is 15.0 Å². The molecule has 3 aromatic carbocycles. The standard InChI is InChI=1S/C31H20F6OS2/c1-16-25(20-10-6-7-11-23(20)39-16)27-28(30(34,35)31(36,37)29(27,32)33)26-17(2)40-24-15-19(12-13-21(24)26)22(38)14-18-8-4-3-5-9-18/h3-13,15H,14H2,1-2H3. The van der Waals surface area contributed by atoms with Gasteiger partial charge in [-0.25, -0.2) is 0 Å². The number of hydrogen-bond acceptors (Lipinski definition) is 3. The van der Waals surface area contributed by atoms with Crippen molar-refractivity contribution in [2.24, 2.45) is 0 Å². The number of halogens is 6. The summed E-state index contributed by atoms with van der Waals surface area (Å²) < 4.78 is 93.4. The largest absolute Gasteiger partial charge is 0.380 e. The molecule has 6 rings (SSSR count). The average molecular weight is 587 g/mol. The highest BCUT2D eigenvalue weighted by atomic mass is 32.1. The summed E-state index contributed by atoms with van der Waals surface area (Å²) in [5, 5.41) is 0.341. The lowest BCUT2D eigenvalue weighted by Gasteiger charge is -2.26. The van der Waals surface area contributed by atoms with Crippen molar-refractivity contribution in [1.29, 1.82) is 0 Å². The zero-order chi connectivity index (χ0) is 28.6. The Kier molecular flexibility index (Phi) is 6.05. The minimum absolute atomic E-state index is 0.111. The summed E-state index contributed by atoms with van der Waals surface area (Å²) in [7, 11) is 0. The molecule has 1 nitrogen and oxygen atoms in total. The van der Waals surface area contributed by atoms with Gasteiger partial charge in [0.1, 0.15) is 0 Å². The van der Waals surface area contributed by atoms with Gasteiger partial charge in [0.25, 0.3) is 0 Å². The first-order chi connectivity index (χ1) is 18.9. The van der Waals surface area contributed by atoms with Crippen molar-refractivity contribution in [2.45, 2.75) is 38.0 Å². The number of Topliss-reactive ketones (excluding diaryl/α,β-unsaturated/α-hetero) is 1. The maximum Gasteiger partial charge on any atom is 0.380 e. The molecule has 2 aromatic heterocycles. The highest BCUT2D eigenvalue weighted by Gasteiger charge is 2.80. The highest BCUT2D eigenvalue weighted by Crippen LogP contribution is 2.67. The summed E-state index contributed by atoms with van der Waals surface area (Å²) in [6.45, 7) is 2.91. The van der Waals surface area contributed by atoms with Crippen molar-refractivity contribution in [3.05, 3.63) is 105 Å². The molecule has 0 fully saturated rings. The predicted octanol–water partition coefficient (Wildman–Crippen LogP) is 9.99. The molecule has 0 aliphatic heterocycles. The van der Waals surface area contributed by atoms with Crippen LogP contribution < -0.4 is 0 Å². The first-order valence-electron chi connectivity index (χ1n) is 12.3. The van der Waals surface area contributed by atoms with E-state index < -0.39 is 28.9 Å². The van der Waals surface area contributed by atoms with Crippen LogP contribution in [0.25, 0.3) is 31.3 Å². The number of ketones is 1. The summed E-state index contributed by atoms with van der Waals surface area (Å²) >= 11 is 2.09. The van der Waals surface area contributed by atoms with Gasteiger partial charge in [0.2, 0.25) is 0 Å². The van der Waals surface area contributed by atoms with Crippen LogP contribution in [0.5, 0.6) is 0 Å². The molecule has 0 amide bonds. The molecule has 0 N–H and O–H groups in total. The number of thiophene rings is 2. The van der Waals surface area contributed by atoms with E-state index in [0.717, 1.165) is 28.2 Å². The van der Waals surface area contributed by atoms with E-state index in [-0.39, 0.29) is 43.9 Å². The molecule has 0 bridgehead atoms. The number of allylic oxidation sites excluding steroid dienone is 2. The normalized spacial score (nSPS) is 17.7. The minimum Gasteiger partial charge on any atom is -0.294 e. The van der Waals surface area contributed by atoms with E-state index in [1.54, 1.807) is 42.5 Å². The maximum atomic E-state index is 15.6. The van der Waals surface area contributed by atoms with E-state index in [1.165, 1.54) is 38.1 Å². The van der Waals surface area contributed by atoms with Gasteiger partial charge in [0.05, 0.1) is 0 Å². The molecule has 0 spiro atoms. The molecule has 0 radical (unpaired) electrons. The second-order valence-corrected chi connectivity index (χ2v) is 12.3. The Morgan fingerprint density at radius 1 is 0.675 bits per heavy atom. The number of carbonyl (C=O) groups excluding carboxylic acids is 1. The fourth-order valence-electron chi connectivity index (χ4n) is 5.45. The Labute approximate surface area is 233 Å². The molecule has 0 saturated carbocycles. The van der Waals surface area contributed by atoms with Gasteiger partial charge in [-0.15, -0.1) is 22.7 Å². The van der Waals surface area contributed by atoms with Gasteiger partial charge in [0.15, 0.2) is 5.78 Å². The summed E-state index contributed by atoms with van der Waals surface area (Å²) in [4.78, 5) is 13.4. The van der Waals surface area contributed by atoms with Crippen molar-refractivity contribution in [2.75, 3.05) is 0 Å². The Hall–Kier alpha value is -3.43. The predicted molar refractivity (Wildman–Crippen MR) is 149 cm³/mol. The van der Waals surface area contributed by atoms with Crippen molar-refractivity contribution in [1.82, 2.24) is 0 Å². The number of hydrogen-bond donors (Lipinski definition) is 0. The minimum atomic E-state index is -5.65. The van der Waals surface area contributed by atoms with Gasteiger partial charge >= 0.3 is 17.8 Å². The van der Waals surface area contributed by atoms with Crippen LogP contribution in [0.2, 0.25) is 0 Å². The van der Waals surface area contributed by atoms with Crippen LogP contribution >= 0.6 is 22.7 Å². The van der Waals surface area contributed by atoms with Crippen LogP contribution in [0.15, 0.2) is 72.8 Å². The second kappa shape index (κ2) is 9.04. The van der Waals surface area contributed by atoms with E-state index in [1.807, 2.05) is 6.07 Å². The number of carbonyl (C=O) groups is 1. The van der Waals surface area contributed by atoms with Gasteiger partial charge in [-0.2, -0.15) is 26.3 Å². The summed E-state index contributed by atoms with van der Waals surface area (Å²) in [5.41, 5.74) is -2.23. The first kappa shape index (κ1) is 26.8.